The lowest BCUT2D eigenvalue weighted by Crippen LogP contribution is -2.28. The van der Waals surface area contributed by atoms with Gasteiger partial charge in [0.05, 0.1) is 4.47 Å². The van der Waals surface area contributed by atoms with Crippen molar-refractivity contribution in [3.05, 3.63) is 34.1 Å². The molecule has 0 aliphatic heterocycles. The highest BCUT2D eigenvalue weighted by Gasteiger charge is 2.17. The second-order valence-corrected chi connectivity index (χ2v) is 5.59. The van der Waals surface area contributed by atoms with Gasteiger partial charge in [0.1, 0.15) is 0 Å². The van der Waals surface area contributed by atoms with E-state index >= 15 is 0 Å². The van der Waals surface area contributed by atoms with Crippen molar-refractivity contribution in [1.82, 2.24) is 15.5 Å². The highest BCUT2D eigenvalue weighted by molar-refractivity contribution is 9.10. The first-order valence-electron chi connectivity index (χ1n) is 6.72. The average molecular weight is 360 g/mol. The zero-order chi connectivity index (χ0) is 15.4. The molecule has 0 radical (unpaired) electrons. The molecule has 1 unspecified atom stereocenters. The van der Waals surface area contributed by atoms with Crippen molar-refractivity contribution in [2.45, 2.75) is 32.7 Å². The van der Waals surface area contributed by atoms with Gasteiger partial charge >= 0.3 is 0 Å². The Hall–Kier alpha value is -1.34. The normalized spacial score (nSPS) is 12.6. The largest absolute Gasteiger partial charge is 0.339 e. The summed E-state index contributed by atoms with van der Waals surface area (Å²) < 4.78 is 31.8. The molecular formula is C14H16BrF2N3O. The number of hydrogen-bond donors (Lipinski definition) is 1. The monoisotopic (exact) mass is 359 g/mol. The molecule has 7 heteroatoms. The third-order valence-electron chi connectivity index (χ3n) is 2.97. The lowest BCUT2D eigenvalue weighted by atomic mass is 10.2. The summed E-state index contributed by atoms with van der Waals surface area (Å²) in [5.74, 6) is -1.19. The second-order valence-electron chi connectivity index (χ2n) is 4.79. The fraction of sp³-hybridized carbons (Fsp3) is 0.429. The van der Waals surface area contributed by atoms with E-state index in [0.29, 0.717) is 17.9 Å². The van der Waals surface area contributed by atoms with Gasteiger partial charge in [0.25, 0.3) is 0 Å². The Labute approximate surface area is 130 Å². The molecule has 1 N–H and O–H groups in total. The van der Waals surface area contributed by atoms with Gasteiger partial charge in [0.15, 0.2) is 11.6 Å². The Morgan fingerprint density at radius 3 is 2.86 bits per heavy atom. The molecule has 1 aromatic heterocycles. The molecule has 2 aromatic rings. The fourth-order valence-corrected chi connectivity index (χ4v) is 2.37. The zero-order valence-electron chi connectivity index (χ0n) is 11.8. The molecule has 0 saturated carbocycles. The van der Waals surface area contributed by atoms with Crippen molar-refractivity contribution in [1.29, 1.82) is 0 Å². The van der Waals surface area contributed by atoms with Crippen LogP contribution < -0.4 is 5.32 Å². The Morgan fingerprint density at radius 2 is 2.14 bits per heavy atom. The van der Waals surface area contributed by atoms with Crippen LogP contribution in [0.3, 0.4) is 0 Å². The second kappa shape index (κ2) is 7.09. The van der Waals surface area contributed by atoms with Gasteiger partial charge in [-0.2, -0.15) is 4.98 Å². The molecule has 1 heterocycles. The van der Waals surface area contributed by atoms with Gasteiger partial charge in [-0.15, -0.1) is 0 Å². The maximum Gasteiger partial charge on any atom is 0.228 e. The Morgan fingerprint density at radius 1 is 1.38 bits per heavy atom. The number of aromatic nitrogens is 2. The van der Waals surface area contributed by atoms with Crippen molar-refractivity contribution in [2.24, 2.45) is 0 Å². The Balaban J connectivity index is 2.15. The summed E-state index contributed by atoms with van der Waals surface area (Å²) in [7, 11) is 0. The van der Waals surface area contributed by atoms with E-state index in [0.717, 1.165) is 19.0 Å². The standard InChI is InChI=1S/C14H16BrF2N3O/c1-3-6-18-8(2)7-11-19-14(20-21-11)9-4-5-10(16)13(17)12(9)15/h4-5,8,18H,3,6-7H2,1-2H3. The lowest BCUT2D eigenvalue weighted by molar-refractivity contribution is 0.362. The zero-order valence-corrected chi connectivity index (χ0v) is 13.4. The molecular weight excluding hydrogens is 344 g/mol. The average Bonchev–Trinajstić information content (AvgIpc) is 2.91. The molecule has 0 spiro atoms. The van der Waals surface area contributed by atoms with Gasteiger partial charge < -0.3 is 9.84 Å². The van der Waals surface area contributed by atoms with E-state index in [1.807, 2.05) is 6.92 Å². The van der Waals surface area contributed by atoms with Crippen molar-refractivity contribution in [2.75, 3.05) is 6.54 Å². The number of nitrogens with zero attached hydrogens (tertiary/aromatic N) is 2. The minimum Gasteiger partial charge on any atom is -0.339 e. The number of hydrogen-bond acceptors (Lipinski definition) is 4. The van der Waals surface area contributed by atoms with Crippen molar-refractivity contribution >= 4 is 15.9 Å². The van der Waals surface area contributed by atoms with E-state index < -0.39 is 11.6 Å². The number of benzene rings is 1. The van der Waals surface area contributed by atoms with E-state index in [4.69, 9.17) is 4.52 Å². The summed E-state index contributed by atoms with van der Waals surface area (Å²) in [6.07, 6.45) is 1.62. The fourth-order valence-electron chi connectivity index (χ4n) is 1.87. The number of nitrogens with one attached hydrogen (secondary N) is 1. The molecule has 21 heavy (non-hydrogen) atoms. The topological polar surface area (TPSA) is 51.0 Å². The minimum atomic E-state index is -0.961. The molecule has 114 valence electrons. The molecule has 4 nitrogen and oxygen atoms in total. The summed E-state index contributed by atoms with van der Waals surface area (Å²) in [6, 6.07) is 2.65. The lowest BCUT2D eigenvalue weighted by Gasteiger charge is -2.09. The maximum absolute atomic E-state index is 13.5. The SMILES string of the molecule is CCCNC(C)Cc1nc(-c2ccc(F)c(F)c2Br)no1. The van der Waals surface area contributed by atoms with Crippen LogP contribution in [-0.4, -0.2) is 22.7 Å². The molecule has 0 fully saturated rings. The van der Waals surface area contributed by atoms with Gasteiger partial charge in [-0.1, -0.05) is 12.1 Å². The van der Waals surface area contributed by atoms with Gasteiger partial charge in [-0.3, -0.25) is 0 Å². The van der Waals surface area contributed by atoms with Crippen LogP contribution in [0.2, 0.25) is 0 Å². The van der Waals surface area contributed by atoms with Crippen LogP contribution in [0.4, 0.5) is 8.78 Å². The van der Waals surface area contributed by atoms with Crippen LogP contribution in [0.15, 0.2) is 21.1 Å². The maximum atomic E-state index is 13.5. The van der Waals surface area contributed by atoms with E-state index in [1.54, 1.807) is 0 Å². The van der Waals surface area contributed by atoms with E-state index in [-0.39, 0.29) is 16.3 Å². The molecule has 0 saturated heterocycles. The summed E-state index contributed by atoms with van der Waals surface area (Å²) in [4.78, 5) is 4.22. The molecule has 0 aliphatic carbocycles. The molecule has 2 rings (SSSR count). The van der Waals surface area contributed by atoms with Gasteiger partial charge in [-0.25, -0.2) is 8.78 Å². The summed E-state index contributed by atoms with van der Waals surface area (Å²) >= 11 is 3.01. The van der Waals surface area contributed by atoms with Crippen LogP contribution in [-0.2, 0) is 6.42 Å². The Kier molecular flexibility index (Phi) is 5.41. The predicted molar refractivity (Wildman–Crippen MR) is 78.8 cm³/mol. The van der Waals surface area contributed by atoms with Crippen molar-refractivity contribution in [3.63, 3.8) is 0 Å². The van der Waals surface area contributed by atoms with Gasteiger partial charge in [0, 0.05) is 18.0 Å². The summed E-state index contributed by atoms with van der Waals surface area (Å²) in [6.45, 7) is 5.02. The first-order valence-corrected chi connectivity index (χ1v) is 7.52. The summed E-state index contributed by atoms with van der Waals surface area (Å²) in [5.41, 5.74) is 0.359. The van der Waals surface area contributed by atoms with Gasteiger partial charge in [0.2, 0.25) is 11.7 Å². The van der Waals surface area contributed by atoms with Crippen LogP contribution in [0.1, 0.15) is 26.2 Å². The third kappa shape index (κ3) is 3.85. The molecule has 1 aromatic carbocycles. The van der Waals surface area contributed by atoms with Crippen molar-refractivity contribution < 1.29 is 13.3 Å². The first kappa shape index (κ1) is 16.0. The molecule has 0 aliphatic rings. The quantitative estimate of drug-likeness (QED) is 0.798. The molecule has 1 atom stereocenters. The van der Waals surface area contributed by atoms with Crippen LogP contribution >= 0.6 is 15.9 Å². The Bertz CT molecular complexity index is 618. The van der Waals surface area contributed by atoms with E-state index in [9.17, 15) is 8.78 Å². The van der Waals surface area contributed by atoms with Crippen LogP contribution in [0.25, 0.3) is 11.4 Å². The number of rotatable bonds is 6. The van der Waals surface area contributed by atoms with Gasteiger partial charge in [-0.05, 0) is 48.0 Å². The van der Waals surface area contributed by atoms with Crippen LogP contribution in [0, 0.1) is 11.6 Å². The van der Waals surface area contributed by atoms with Crippen LogP contribution in [0.5, 0.6) is 0 Å². The molecule has 0 amide bonds. The highest BCUT2D eigenvalue weighted by atomic mass is 79.9. The molecule has 0 bridgehead atoms. The summed E-state index contributed by atoms with van der Waals surface area (Å²) in [5, 5.41) is 7.13. The number of halogens is 3. The minimum absolute atomic E-state index is 0.00740. The highest BCUT2D eigenvalue weighted by Crippen LogP contribution is 2.29. The van der Waals surface area contributed by atoms with Crippen molar-refractivity contribution in [3.8, 4) is 11.4 Å². The van der Waals surface area contributed by atoms with E-state index in [2.05, 4.69) is 38.3 Å². The third-order valence-corrected chi connectivity index (χ3v) is 3.74. The van der Waals surface area contributed by atoms with E-state index in [1.165, 1.54) is 6.07 Å². The predicted octanol–water partition coefficient (Wildman–Crippen LogP) is 3.71. The first-order chi connectivity index (χ1) is 10.0. The smallest absolute Gasteiger partial charge is 0.228 e.